The summed E-state index contributed by atoms with van der Waals surface area (Å²) in [6, 6.07) is 13.2. The van der Waals surface area contributed by atoms with E-state index in [1.54, 1.807) is 0 Å². The third-order valence-corrected chi connectivity index (χ3v) is 6.39. The Labute approximate surface area is 156 Å². The SMILES string of the molecule is CC(C)C(c1ccccc1)N(C)S(=O)(=O)c1ccc2[nH]c(=O)[nH]c(=O)c2c1. The van der Waals surface area contributed by atoms with Gasteiger partial charge in [-0.15, -0.1) is 0 Å². The van der Waals surface area contributed by atoms with Gasteiger partial charge in [0.25, 0.3) is 5.56 Å². The highest BCUT2D eigenvalue weighted by Gasteiger charge is 2.31. The lowest BCUT2D eigenvalue weighted by Gasteiger charge is -2.31. The number of hydrogen-bond donors (Lipinski definition) is 2. The first-order chi connectivity index (χ1) is 12.7. The predicted octanol–water partition coefficient (Wildman–Crippen LogP) is 2.23. The molecule has 1 aromatic heterocycles. The van der Waals surface area contributed by atoms with Crippen LogP contribution < -0.4 is 11.2 Å². The van der Waals surface area contributed by atoms with Crippen LogP contribution in [0.3, 0.4) is 0 Å². The van der Waals surface area contributed by atoms with Gasteiger partial charge >= 0.3 is 5.69 Å². The smallest absolute Gasteiger partial charge is 0.307 e. The Bertz CT molecular complexity index is 1180. The van der Waals surface area contributed by atoms with E-state index in [0.29, 0.717) is 0 Å². The number of aromatic amines is 2. The normalized spacial score (nSPS) is 13.4. The number of sulfonamides is 1. The van der Waals surface area contributed by atoms with E-state index in [-0.39, 0.29) is 27.8 Å². The average Bonchev–Trinajstić information content (AvgIpc) is 2.62. The van der Waals surface area contributed by atoms with E-state index in [2.05, 4.69) is 9.97 Å². The first-order valence-electron chi connectivity index (χ1n) is 8.51. The zero-order valence-electron chi connectivity index (χ0n) is 15.3. The van der Waals surface area contributed by atoms with E-state index >= 15 is 0 Å². The summed E-state index contributed by atoms with van der Waals surface area (Å²) in [6.07, 6.45) is 0. The predicted molar refractivity (Wildman–Crippen MR) is 104 cm³/mol. The molecule has 8 heteroatoms. The van der Waals surface area contributed by atoms with Gasteiger partial charge in [-0.1, -0.05) is 44.2 Å². The molecule has 0 bridgehead atoms. The summed E-state index contributed by atoms with van der Waals surface area (Å²) in [6.45, 7) is 3.92. The fourth-order valence-electron chi connectivity index (χ4n) is 3.29. The highest BCUT2D eigenvalue weighted by atomic mass is 32.2. The molecule has 1 atom stereocenters. The second-order valence-electron chi connectivity index (χ2n) is 6.74. The minimum absolute atomic E-state index is 0.00312. The Hall–Kier alpha value is -2.71. The second kappa shape index (κ2) is 7.13. The number of rotatable bonds is 5. The lowest BCUT2D eigenvalue weighted by atomic mass is 9.96. The summed E-state index contributed by atoms with van der Waals surface area (Å²) in [4.78, 5) is 28.0. The molecule has 2 aromatic carbocycles. The zero-order valence-corrected chi connectivity index (χ0v) is 16.1. The molecule has 0 aliphatic carbocycles. The maximum Gasteiger partial charge on any atom is 0.326 e. The van der Waals surface area contributed by atoms with Crippen LogP contribution in [-0.2, 0) is 10.0 Å². The summed E-state index contributed by atoms with van der Waals surface area (Å²) in [7, 11) is -2.33. The van der Waals surface area contributed by atoms with Crippen molar-refractivity contribution in [3.63, 3.8) is 0 Å². The lowest BCUT2D eigenvalue weighted by Crippen LogP contribution is -2.34. The molecule has 0 aliphatic rings. The Kier molecular flexibility index (Phi) is 5.03. The van der Waals surface area contributed by atoms with Gasteiger partial charge in [0.1, 0.15) is 0 Å². The highest BCUT2D eigenvalue weighted by Crippen LogP contribution is 2.32. The summed E-state index contributed by atoms with van der Waals surface area (Å²) >= 11 is 0. The van der Waals surface area contributed by atoms with Crippen LogP contribution >= 0.6 is 0 Å². The molecule has 0 radical (unpaired) electrons. The molecule has 0 spiro atoms. The Balaban J connectivity index is 2.11. The molecule has 3 aromatic rings. The van der Waals surface area contributed by atoms with Crippen molar-refractivity contribution in [3.8, 4) is 0 Å². The third-order valence-electron chi connectivity index (χ3n) is 4.55. The molecule has 0 fully saturated rings. The molecular weight excluding hydrogens is 366 g/mol. The minimum atomic E-state index is -3.86. The van der Waals surface area contributed by atoms with Crippen molar-refractivity contribution in [2.45, 2.75) is 24.8 Å². The summed E-state index contributed by atoms with van der Waals surface area (Å²) < 4.78 is 27.8. The van der Waals surface area contributed by atoms with Crippen LogP contribution in [0.5, 0.6) is 0 Å². The van der Waals surface area contributed by atoms with Crippen molar-refractivity contribution in [1.29, 1.82) is 0 Å². The Morgan fingerprint density at radius 1 is 0.963 bits per heavy atom. The highest BCUT2D eigenvalue weighted by molar-refractivity contribution is 7.89. The number of fused-ring (bicyclic) bond motifs is 1. The van der Waals surface area contributed by atoms with Gasteiger partial charge in [-0.2, -0.15) is 4.31 Å². The number of hydrogen-bond acceptors (Lipinski definition) is 4. The summed E-state index contributed by atoms with van der Waals surface area (Å²) in [5.41, 5.74) is -0.0866. The quantitative estimate of drug-likeness (QED) is 0.701. The van der Waals surface area contributed by atoms with E-state index in [1.165, 1.54) is 29.6 Å². The monoisotopic (exact) mass is 387 g/mol. The summed E-state index contributed by atoms with van der Waals surface area (Å²) in [5.74, 6) is 0.0346. The van der Waals surface area contributed by atoms with E-state index in [4.69, 9.17) is 0 Å². The second-order valence-corrected chi connectivity index (χ2v) is 8.73. The van der Waals surface area contributed by atoms with Gasteiger partial charge in [0.2, 0.25) is 10.0 Å². The molecule has 1 heterocycles. The standard InChI is InChI=1S/C19H21N3O4S/c1-12(2)17(13-7-5-4-6-8-13)22(3)27(25,26)14-9-10-16-15(11-14)18(23)21-19(24)20-16/h4-12,17H,1-3H3,(H2,20,21,23,24). The average molecular weight is 387 g/mol. The minimum Gasteiger partial charge on any atom is -0.307 e. The molecule has 27 heavy (non-hydrogen) atoms. The molecule has 7 nitrogen and oxygen atoms in total. The maximum atomic E-state index is 13.2. The van der Waals surface area contributed by atoms with E-state index in [9.17, 15) is 18.0 Å². The number of benzene rings is 2. The van der Waals surface area contributed by atoms with Crippen LogP contribution in [0.1, 0.15) is 25.5 Å². The van der Waals surface area contributed by atoms with Gasteiger partial charge in [-0.05, 0) is 29.7 Å². The van der Waals surface area contributed by atoms with Crippen molar-refractivity contribution >= 4 is 20.9 Å². The first kappa shape index (κ1) is 19.1. The van der Waals surface area contributed by atoms with Crippen molar-refractivity contribution in [2.24, 2.45) is 5.92 Å². The van der Waals surface area contributed by atoms with Crippen molar-refractivity contribution < 1.29 is 8.42 Å². The molecule has 3 rings (SSSR count). The van der Waals surface area contributed by atoms with E-state index < -0.39 is 21.3 Å². The molecule has 0 saturated heterocycles. The number of H-pyrrole nitrogens is 2. The van der Waals surface area contributed by atoms with Crippen LogP contribution in [-0.4, -0.2) is 29.7 Å². The molecular formula is C19H21N3O4S. The fraction of sp³-hybridized carbons (Fsp3) is 0.263. The fourth-order valence-corrected chi connectivity index (χ4v) is 4.79. The van der Waals surface area contributed by atoms with Crippen LogP contribution in [0, 0.1) is 5.92 Å². The Morgan fingerprint density at radius 2 is 1.63 bits per heavy atom. The van der Waals surface area contributed by atoms with Gasteiger partial charge in [-0.25, -0.2) is 13.2 Å². The Morgan fingerprint density at radius 3 is 2.26 bits per heavy atom. The molecule has 142 valence electrons. The van der Waals surface area contributed by atoms with Crippen LogP contribution in [0.15, 0.2) is 63.0 Å². The number of nitrogens with zero attached hydrogens (tertiary/aromatic N) is 1. The zero-order chi connectivity index (χ0) is 19.8. The lowest BCUT2D eigenvalue weighted by molar-refractivity contribution is 0.300. The van der Waals surface area contributed by atoms with Crippen molar-refractivity contribution in [2.75, 3.05) is 7.05 Å². The molecule has 1 unspecified atom stereocenters. The number of nitrogens with one attached hydrogen (secondary N) is 2. The van der Waals surface area contributed by atoms with Gasteiger partial charge < -0.3 is 4.98 Å². The first-order valence-corrected chi connectivity index (χ1v) is 9.95. The van der Waals surface area contributed by atoms with Gasteiger partial charge in [0, 0.05) is 7.05 Å². The summed E-state index contributed by atoms with van der Waals surface area (Å²) in [5, 5.41) is 0.116. The molecule has 0 saturated carbocycles. The van der Waals surface area contributed by atoms with Gasteiger partial charge in [0.05, 0.1) is 21.8 Å². The van der Waals surface area contributed by atoms with Gasteiger partial charge in [0.15, 0.2) is 0 Å². The van der Waals surface area contributed by atoms with Crippen LogP contribution in [0.2, 0.25) is 0 Å². The van der Waals surface area contributed by atoms with E-state index in [1.807, 2.05) is 44.2 Å². The van der Waals surface area contributed by atoms with Crippen molar-refractivity contribution in [3.05, 3.63) is 74.9 Å². The van der Waals surface area contributed by atoms with Crippen molar-refractivity contribution in [1.82, 2.24) is 14.3 Å². The third kappa shape index (κ3) is 3.58. The van der Waals surface area contributed by atoms with E-state index in [0.717, 1.165) is 5.56 Å². The molecule has 2 N–H and O–H groups in total. The maximum absolute atomic E-state index is 13.2. The molecule has 0 amide bonds. The molecule has 0 aliphatic heterocycles. The largest absolute Gasteiger partial charge is 0.326 e. The topological polar surface area (TPSA) is 103 Å². The van der Waals surface area contributed by atoms with Crippen LogP contribution in [0.4, 0.5) is 0 Å². The van der Waals surface area contributed by atoms with Gasteiger partial charge in [-0.3, -0.25) is 9.78 Å². The number of aromatic nitrogens is 2. The van der Waals surface area contributed by atoms with Crippen LogP contribution in [0.25, 0.3) is 10.9 Å².